The Labute approximate surface area is 174 Å². The summed E-state index contributed by atoms with van der Waals surface area (Å²) in [6.45, 7) is 0.595. The Bertz CT molecular complexity index is 1360. The van der Waals surface area contributed by atoms with E-state index in [9.17, 15) is 4.79 Å². The molecule has 0 unspecified atom stereocenters. The van der Waals surface area contributed by atoms with Gasteiger partial charge in [-0.1, -0.05) is 60.7 Å². The number of hydrogen-bond donors (Lipinski definition) is 1. The molecule has 5 nitrogen and oxygen atoms in total. The summed E-state index contributed by atoms with van der Waals surface area (Å²) >= 11 is 0. The second kappa shape index (κ2) is 7.52. The number of carbonyl (C=O) groups is 1. The fourth-order valence-corrected chi connectivity index (χ4v) is 4.08. The zero-order valence-corrected chi connectivity index (χ0v) is 16.7. The quantitative estimate of drug-likeness (QED) is 0.467. The Morgan fingerprint density at radius 3 is 2.57 bits per heavy atom. The Morgan fingerprint density at radius 1 is 0.900 bits per heavy atom. The number of hydrogen-bond acceptors (Lipinski definition) is 2. The second-order valence-electron chi connectivity index (χ2n) is 7.52. The van der Waals surface area contributed by atoms with Gasteiger partial charge in [-0.3, -0.25) is 4.79 Å². The summed E-state index contributed by atoms with van der Waals surface area (Å²) in [6, 6.07) is 24.6. The van der Waals surface area contributed by atoms with Gasteiger partial charge in [0.1, 0.15) is 5.82 Å². The molecule has 0 bridgehead atoms. The topological polar surface area (TPSA) is 51.9 Å². The standard InChI is InChI=1S/C25H22N4O/c1-28-16-20(22-11-4-5-12-23(22)28)15-25(30)27-24-13-14-26-29(24)17-19-9-6-8-18-7-2-3-10-21(18)19/h2-14,16H,15,17H2,1H3,(H,27,30). The molecule has 5 heteroatoms. The van der Waals surface area contributed by atoms with E-state index >= 15 is 0 Å². The summed E-state index contributed by atoms with van der Waals surface area (Å²) in [4.78, 5) is 12.8. The highest BCUT2D eigenvalue weighted by atomic mass is 16.1. The number of anilines is 1. The third-order valence-corrected chi connectivity index (χ3v) is 5.51. The maximum atomic E-state index is 12.8. The largest absolute Gasteiger partial charge is 0.350 e. The minimum atomic E-state index is -0.0500. The van der Waals surface area contributed by atoms with Crippen molar-refractivity contribution in [1.29, 1.82) is 0 Å². The molecule has 0 aliphatic heterocycles. The van der Waals surface area contributed by atoms with E-state index in [0.717, 1.165) is 16.5 Å². The Hall–Kier alpha value is -3.86. The highest BCUT2D eigenvalue weighted by Crippen LogP contribution is 2.22. The summed E-state index contributed by atoms with van der Waals surface area (Å²) in [5.74, 6) is 0.652. The zero-order chi connectivity index (χ0) is 20.5. The van der Waals surface area contributed by atoms with Gasteiger partial charge in [0.15, 0.2) is 0 Å². The first kappa shape index (κ1) is 18.2. The SMILES string of the molecule is Cn1cc(CC(=O)Nc2ccnn2Cc2cccc3ccccc23)c2ccccc21. The highest BCUT2D eigenvalue weighted by Gasteiger charge is 2.13. The van der Waals surface area contributed by atoms with Gasteiger partial charge in [0.2, 0.25) is 5.91 Å². The number of nitrogens with zero attached hydrogens (tertiary/aromatic N) is 3. The van der Waals surface area contributed by atoms with Gasteiger partial charge in [-0.15, -0.1) is 0 Å². The number of aromatic nitrogens is 3. The van der Waals surface area contributed by atoms with Crippen LogP contribution in [-0.2, 0) is 24.8 Å². The first-order valence-electron chi connectivity index (χ1n) is 10.0. The lowest BCUT2D eigenvalue weighted by Crippen LogP contribution is -2.18. The van der Waals surface area contributed by atoms with E-state index in [2.05, 4.69) is 57.4 Å². The molecular formula is C25H22N4O. The lowest BCUT2D eigenvalue weighted by atomic mass is 10.0. The molecule has 3 aromatic carbocycles. The van der Waals surface area contributed by atoms with E-state index in [0.29, 0.717) is 18.8 Å². The van der Waals surface area contributed by atoms with E-state index in [1.54, 1.807) is 6.20 Å². The van der Waals surface area contributed by atoms with Crippen LogP contribution in [0.15, 0.2) is 85.2 Å². The fraction of sp³-hybridized carbons (Fsp3) is 0.120. The lowest BCUT2D eigenvalue weighted by molar-refractivity contribution is -0.115. The summed E-state index contributed by atoms with van der Waals surface area (Å²) in [5, 5.41) is 11.0. The van der Waals surface area contributed by atoms with Gasteiger partial charge < -0.3 is 9.88 Å². The summed E-state index contributed by atoms with van der Waals surface area (Å²) < 4.78 is 3.89. The maximum absolute atomic E-state index is 12.8. The minimum absolute atomic E-state index is 0.0500. The van der Waals surface area contributed by atoms with Crippen molar-refractivity contribution in [2.45, 2.75) is 13.0 Å². The van der Waals surface area contributed by atoms with E-state index in [-0.39, 0.29) is 5.91 Å². The van der Waals surface area contributed by atoms with E-state index < -0.39 is 0 Å². The molecule has 5 rings (SSSR count). The van der Waals surface area contributed by atoms with Crippen LogP contribution in [0.25, 0.3) is 21.7 Å². The summed E-state index contributed by atoms with van der Waals surface area (Å²) in [7, 11) is 2.00. The van der Waals surface area contributed by atoms with Crippen molar-refractivity contribution < 1.29 is 4.79 Å². The fourth-order valence-electron chi connectivity index (χ4n) is 4.08. The van der Waals surface area contributed by atoms with Crippen LogP contribution in [0, 0.1) is 0 Å². The monoisotopic (exact) mass is 394 g/mol. The van der Waals surface area contributed by atoms with Gasteiger partial charge in [-0.05, 0) is 28.0 Å². The minimum Gasteiger partial charge on any atom is -0.350 e. The van der Waals surface area contributed by atoms with Crippen LogP contribution in [0.2, 0.25) is 0 Å². The maximum Gasteiger partial charge on any atom is 0.230 e. The molecule has 2 heterocycles. The number of carbonyl (C=O) groups excluding carboxylic acids is 1. The lowest BCUT2D eigenvalue weighted by Gasteiger charge is -2.11. The number of para-hydroxylation sites is 1. The van der Waals surface area contributed by atoms with Crippen molar-refractivity contribution >= 4 is 33.4 Å². The molecule has 1 N–H and O–H groups in total. The Balaban J connectivity index is 1.36. The van der Waals surface area contributed by atoms with Crippen LogP contribution >= 0.6 is 0 Å². The predicted molar refractivity (Wildman–Crippen MR) is 121 cm³/mol. The molecule has 0 spiro atoms. The first-order chi connectivity index (χ1) is 14.7. The van der Waals surface area contributed by atoms with Crippen molar-refractivity contribution in [2.75, 3.05) is 5.32 Å². The van der Waals surface area contributed by atoms with E-state index in [4.69, 9.17) is 0 Å². The van der Waals surface area contributed by atoms with Crippen LogP contribution in [0.1, 0.15) is 11.1 Å². The van der Waals surface area contributed by atoms with Crippen LogP contribution in [-0.4, -0.2) is 20.3 Å². The molecule has 148 valence electrons. The van der Waals surface area contributed by atoms with Gasteiger partial charge in [0.05, 0.1) is 19.2 Å². The number of nitrogens with one attached hydrogen (secondary N) is 1. The molecular weight excluding hydrogens is 372 g/mol. The van der Waals surface area contributed by atoms with Crippen molar-refractivity contribution in [2.24, 2.45) is 7.05 Å². The summed E-state index contributed by atoms with van der Waals surface area (Å²) in [6.07, 6.45) is 4.07. The number of amides is 1. The Kier molecular flexibility index (Phi) is 4.56. The molecule has 2 aromatic heterocycles. The number of rotatable bonds is 5. The van der Waals surface area contributed by atoms with Gasteiger partial charge in [-0.2, -0.15) is 5.10 Å². The Morgan fingerprint density at radius 2 is 1.67 bits per heavy atom. The summed E-state index contributed by atoms with van der Waals surface area (Å²) in [5.41, 5.74) is 3.31. The van der Waals surface area contributed by atoms with E-state index in [1.807, 2.05) is 48.3 Å². The van der Waals surface area contributed by atoms with Gasteiger partial charge >= 0.3 is 0 Å². The molecule has 0 atom stereocenters. The molecule has 1 amide bonds. The molecule has 0 aliphatic rings. The predicted octanol–water partition coefficient (Wildman–Crippen LogP) is 4.76. The molecule has 30 heavy (non-hydrogen) atoms. The van der Waals surface area contributed by atoms with Crippen molar-refractivity contribution in [3.8, 4) is 0 Å². The molecule has 0 fully saturated rings. The third-order valence-electron chi connectivity index (χ3n) is 5.51. The highest BCUT2D eigenvalue weighted by molar-refractivity contribution is 5.95. The molecule has 0 radical (unpaired) electrons. The number of fused-ring (bicyclic) bond motifs is 2. The molecule has 0 saturated carbocycles. The van der Waals surface area contributed by atoms with Gasteiger partial charge in [-0.25, -0.2) is 4.68 Å². The van der Waals surface area contributed by atoms with Crippen LogP contribution in [0.5, 0.6) is 0 Å². The van der Waals surface area contributed by atoms with Crippen LogP contribution in [0.4, 0.5) is 5.82 Å². The van der Waals surface area contributed by atoms with Crippen LogP contribution < -0.4 is 5.32 Å². The average Bonchev–Trinajstić information content (AvgIpc) is 3.32. The smallest absolute Gasteiger partial charge is 0.230 e. The zero-order valence-electron chi connectivity index (χ0n) is 16.7. The van der Waals surface area contributed by atoms with Gasteiger partial charge in [0, 0.05) is 30.2 Å². The third kappa shape index (κ3) is 3.35. The van der Waals surface area contributed by atoms with Crippen LogP contribution in [0.3, 0.4) is 0 Å². The number of benzene rings is 3. The van der Waals surface area contributed by atoms with Crippen molar-refractivity contribution in [3.63, 3.8) is 0 Å². The molecule has 0 saturated heterocycles. The first-order valence-corrected chi connectivity index (χ1v) is 10.0. The van der Waals surface area contributed by atoms with Gasteiger partial charge in [0.25, 0.3) is 0 Å². The van der Waals surface area contributed by atoms with Crippen molar-refractivity contribution in [3.05, 3.63) is 96.3 Å². The van der Waals surface area contributed by atoms with Crippen molar-refractivity contribution in [1.82, 2.24) is 14.3 Å². The van der Waals surface area contributed by atoms with E-state index in [1.165, 1.54) is 16.3 Å². The number of aryl methyl sites for hydroxylation is 1. The average molecular weight is 394 g/mol. The normalized spacial score (nSPS) is 11.2. The molecule has 5 aromatic rings. The second-order valence-corrected chi connectivity index (χ2v) is 7.52. The molecule has 0 aliphatic carbocycles.